The molecule has 0 aliphatic carbocycles. The maximum Gasteiger partial charge on any atom is 0.519 e. The molecule has 0 aliphatic rings. The molecule has 0 heterocycles. The van der Waals surface area contributed by atoms with Crippen LogP contribution in [0.15, 0.2) is 0 Å². The number of carbonyl (C=O) groups excluding carboxylic acids is 4. The highest BCUT2D eigenvalue weighted by atomic mass is 19.1. The van der Waals surface area contributed by atoms with E-state index in [-0.39, 0.29) is 0 Å². The Morgan fingerprint density at radius 1 is 1.25 bits per heavy atom. The third-order valence-electron chi connectivity index (χ3n) is 1.03. The number of halogens is 1. The van der Waals surface area contributed by atoms with Gasteiger partial charge >= 0.3 is 24.1 Å². The zero-order chi connectivity index (χ0) is 12.7. The van der Waals surface area contributed by atoms with Gasteiger partial charge in [0.1, 0.15) is 6.61 Å². The number of aliphatic hydroxyl groups is 1. The number of carbonyl (C=O) groups is 4. The van der Waals surface area contributed by atoms with Crippen LogP contribution in [-0.4, -0.2) is 42.1 Å². The first-order valence-corrected chi connectivity index (χ1v) is 3.79. The van der Waals surface area contributed by atoms with Crippen molar-refractivity contribution in [1.82, 2.24) is 0 Å². The van der Waals surface area contributed by atoms with Crippen molar-refractivity contribution in [3.8, 4) is 0 Å². The second-order valence-electron chi connectivity index (χ2n) is 2.25. The Labute approximate surface area is 87.9 Å². The van der Waals surface area contributed by atoms with E-state index in [0.717, 1.165) is 6.92 Å². The van der Waals surface area contributed by atoms with Gasteiger partial charge < -0.3 is 19.3 Å². The molecule has 0 bridgehead atoms. The van der Waals surface area contributed by atoms with Gasteiger partial charge in [-0.2, -0.15) is 4.39 Å². The Morgan fingerprint density at radius 2 is 1.81 bits per heavy atom. The van der Waals surface area contributed by atoms with Gasteiger partial charge in [-0.1, -0.05) is 0 Å². The summed E-state index contributed by atoms with van der Waals surface area (Å²) in [5, 5.41) is 8.24. The SMILES string of the molecule is CC(OC(=O)CO)OC(=O)OC(=O)C(=O)F. The van der Waals surface area contributed by atoms with Gasteiger partial charge in [-0.05, 0) is 0 Å². The van der Waals surface area contributed by atoms with E-state index in [4.69, 9.17) is 5.11 Å². The van der Waals surface area contributed by atoms with Gasteiger partial charge in [-0.3, -0.25) is 0 Å². The second kappa shape index (κ2) is 6.45. The highest BCUT2D eigenvalue weighted by molar-refractivity contribution is 6.30. The quantitative estimate of drug-likeness (QED) is 0.219. The van der Waals surface area contributed by atoms with Crippen LogP contribution < -0.4 is 0 Å². The summed E-state index contributed by atoms with van der Waals surface area (Å²) in [6.45, 7) is 0.126. The van der Waals surface area contributed by atoms with E-state index >= 15 is 0 Å². The Hall–Kier alpha value is -2.03. The molecule has 16 heavy (non-hydrogen) atoms. The minimum Gasteiger partial charge on any atom is -0.424 e. The average molecular weight is 238 g/mol. The van der Waals surface area contributed by atoms with E-state index in [0.29, 0.717) is 0 Å². The first-order valence-electron chi connectivity index (χ1n) is 3.79. The molecule has 0 aromatic rings. The van der Waals surface area contributed by atoms with Crippen LogP contribution in [0, 0.1) is 0 Å². The zero-order valence-electron chi connectivity index (χ0n) is 7.97. The molecular formula is C7H7FO8. The molecule has 8 nitrogen and oxygen atoms in total. The molecule has 90 valence electrons. The summed E-state index contributed by atoms with van der Waals surface area (Å²) in [5.74, 6) is -3.14. The van der Waals surface area contributed by atoms with Gasteiger partial charge in [-0.25, -0.2) is 19.2 Å². The summed E-state index contributed by atoms with van der Waals surface area (Å²) in [7, 11) is 0. The molecule has 0 aromatic carbocycles. The summed E-state index contributed by atoms with van der Waals surface area (Å²) in [6.07, 6.45) is -3.18. The van der Waals surface area contributed by atoms with E-state index in [1.165, 1.54) is 0 Å². The highest BCUT2D eigenvalue weighted by Gasteiger charge is 2.22. The largest absolute Gasteiger partial charge is 0.519 e. The lowest BCUT2D eigenvalue weighted by atomic mass is 10.7. The third kappa shape index (κ3) is 5.65. The van der Waals surface area contributed by atoms with Crippen molar-refractivity contribution in [3.05, 3.63) is 0 Å². The standard InChI is InChI=1S/C7H7FO8/c1-3(14-4(10)2-9)15-7(13)16-6(12)5(8)11/h3,9H,2H2,1H3. The Balaban J connectivity index is 4.00. The van der Waals surface area contributed by atoms with Crippen LogP contribution in [-0.2, 0) is 28.6 Å². The van der Waals surface area contributed by atoms with E-state index in [1.807, 2.05) is 0 Å². The number of esters is 2. The molecule has 9 heteroatoms. The predicted octanol–water partition coefficient (Wildman–Crippen LogP) is -0.956. The smallest absolute Gasteiger partial charge is 0.424 e. The van der Waals surface area contributed by atoms with Crippen LogP contribution >= 0.6 is 0 Å². The fourth-order valence-electron chi connectivity index (χ4n) is 0.522. The summed E-state index contributed by atoms with van der Waals surface area (Å²) < 4.78 is 23.4. The number of hydrogen-bond acceptors (Lipinski definition) is 8. The van der Waals surface area contributed by atoms with Crippen LogP contribution in [0.1, 0.15) is 6.92 Å². The molecule has 1 N–H and O–H groups in total. The van der Waals surface area contributed by atoms with Gasteiger partial charge in [-0.15, -0.1) is 0 Å². The summed E-state index contributed by atoms with van der Waals surface area (Å²) in [5.41, 5.74) is 0. The third-order valence-corrected chi connectivity index (χ3v) is 1.03. The lowest BCUT2D eigenvalue weighted by molar-refractivity contribution is -0.173. The molecule has 1 unspecified atom stereocenters. The van der Waals surface area contributed by atoms with Gasteiger partial charge in [0.05, 0.1) is 0 Å². The molecule has 0 aromatic heterocycles. The number of hydrogen-bond donors (Lipinski definition) is 1. The van der Waals surface area contributed by atoms with Gasteiger partial charge in [0, 0.05) is 6.92 Å². The van der Waals surface area contributed by atoms with E-state index < -0.39 is 37.0 Å². The molecular weight excluding hydrogens is 231 g/mol. The maximum absolute atomic E-state index is 11.6. The van der Waals surface area contributed by atoms with Crippen molar-refractivity contribution in [2.24, 2.45) is 0 Å². The summed E-state index contributed by atoms with van der Waals surface area (Å²) in [6, 6.07) is -2.48. The molecule has 0 radical (unpaired) electrons. The Kier molecular flexibility index (Phi) is 5.63. The normalized spacial score (nSPS) is 11.2. The topological polar surface area (TPSA) is 116 Å². The van der Waals surface area contributed by atoms with E-state index in [2.05, 4.69) is 14.2 Å². The van der Waals surface area contributed by atoms with Crippen molar-refractivity contribution < 1.29 is 42.9 Å². The minimum absolute atomic E-state index is 0.940. The van der Waals surface area contributed by atoms with Gasteiger partial charge in [0.15, 0.2) is 0 Å². The minimum atomic E-state index is -2.48. The molecule has 0 rings (SSSR count). The molecule has 0 amide bonds. The predicted molar refractivity (Wildman–Crippen MR) is 41.3 cm³/mol. The van der Waals surface area contributed by atoms with Gasteiger partial charge in [0.25, 0.3) is 0 Å². The van der Waals surface area contributed by atoms with Crippen molar-refractivity contribution >= 4 is 24.1 Å². The van der Waals surface area contributed by atoms with Crippen LogP contribution in [0.25, 0.3) is 0 Å². The molecule has 0 aliphatic heterocycles. The number of ether oxygens (including phenoxy) is 3. The van der Waals surface area contributed by atoms with Crippen LogP contribution in [0.3, 0.4) is 0 Å². The molecule has 0 saturated heterocycles. The lowest BCUT2D eigenvalue weighted by Gasteiger charge is -2.11. The van der Waals surface area contributed by atoms with E-state index in [9.17, 15) is 23.6 Å². The molecule has 0 fully saturated rings. The molecule has 1 atom stereocenters. The van der Waals surface area contributed by atoms with Crippen LogP contribution in [0.4, 0.5) is 9.18 Å². The molecule has 0 saturated carbocycles. The van der Waals surface area contributed by atoms with Crippen LogP contribution in [0.5, 0.6) is 0 Å². The lowest BCUT2D eigenvalue weighted by Crippen LogP contribution is -2.26. The Morgan fingerprint density at radius 3 is 2.25 bits per heavy atom. The fourth-order valence-corrected chi connectivity index (χ4v) is 0.522. The number of aliphatic hydroxyl groups excluding tert-OH is 1. The van der Waals surface area contributed by atoms with E-state index in [1.54, 1.807) is 0 Å². The highest BCUT2D eigenvalue weighted by Crippen LogP contribution is 1.98. The second-order valence-corrected chi connectivity index (χ2v) is 2.25. The number of rotatable bonds is 4. The zero-order valence-corrected chi connectivity index (χ0v) is 7.97. The van der Waals surface area contributed by atoms with Crippen molar-refractivity contribution in [2.45, 2.75) is 13.2 Å². The summed E-state index contributed by atoms with van der Waals surface area (Å²) in [4.78, 5) is 41.0. The van der Waals surface area contributed by atoms with Crippen molar-refractivity contribution in [2.75, 3.05) is 6.61 Å². The first kappa shape index (κ1) is 14.0. The monoisotopic (exact) mass is 238 g/mol. The fraction of sp³-hybridized carbons (Fsp3) is 0.429. The van der Waals surface area contributed by atoms with Crippen molar-refractivity contribution in [3.63, 3.8) is 0 Å². The first-order chi connectivity index (χ1) is 7.36. The summed E-state index contributed by atoms with van der Waals surface area (Å²) >= 11 is 0. The Bertz CT molecular complexity index is 312. The van der Waals surface area contributed by atoms with Crippen LogP contribution in [0.2, 0.25) is 0 Å². The maximum atomic E-state index is 11.6. The van der Waals surface area contributed by atoms with Gasteiger partial charge in [0.2, 0.25) is 6.29 Å². The van der Waals surface area contributed by atoms with Crippen molar-refractivity contribution in [1.29, 1.82) is 0 Å². The average Bonchev–Trinajstić information content (AvgIpc) is 2.16. The molecule has 0 spiro atoms.